The Morgan fingerprint density at radius 2 is 1.76 bits per heavy atom. The van der Waals surface area contributed by atoms with Crippen LogP contribution in [0.1, 0.15) is 44.6 Å². The van der Waals surface area contributed by atoms with Gasteiger partial charge in [-0.25, -0.2) is 0 Å². The Hall–Kier alpha value is -2.10. The highest BCUT2D eigenvalue weighted by Gasteiger charge is 2.18. The second-order valence-electron chi connectivity index (χ2n) is 5.46. The van der Waals surface area contributed by atoms with Gasteiger partial charge in [0.25, 0.3) is 5.91 Å². The lowest BCUT2D eigenvalue weighted by atomic mass is 9.95. The molecule has 2 amide bonds. The molecule has 0 radical (unpaired) electrons. The highest BCUT2D eigenvalue weighted by atomic mass is 16.2. The first-order valence-corrected chi connectivity index (χ1v) is 7.50. The third kappa shape index (κ3) is 5.06. The van der Waals surface area contributed by atoms with Gasteiger partial charge in [-0.15, -0.1) is 0 Å². The molecule has 1 aromatic carbocycles. The van der Waals surface area contributed by atoms with Crippen molar-refractivity contribution in [3.05, 3.63) is 41.6 Å². The summed E-state index contributed by atoms with van der Waals surface area (Å²) < 4.78 is 0. The van der Waals surface area contributed by atoms with Gasteiger partial charge in [0.15, 0.2) is 0 Å². The lowest BCUT2D eigenvalue weighted by Gasteiger charge is -2.23. The molecule has 0 bridgehead atoms. The van der Waals surface area contributed by atoms with Crippen LogP contribution in [0.2, 0.25) is 0 Å². The Labute approximate surface area is 125 Å². The second kappa shape index (κ2) is 7.62. The van der Waals surface area contributed by atoms with E-state index in [1.54, 1.807) is 6.08 Å². The Balaban J connectivity index is 2.09. The molecular formula is C17H22N2O2. The summed E-state index contributed by atoms with van der Waals surface area (Å²) in [7, 11) is 0. The summed E-state index contributed by atoms with van der Waals surface area (Å²) >= 11 is 0. The molecule has 0 atom stereocenters. The molecule has 0 aliphatic heterocycles. The monoisotopic (exact) mass is 286 g/mol. The minimum Gasteiger partial charge on any atom is -0.348 e. The predicted octanol–water partition coefficient (Wildman–Crippen LogP) is 2.61. The molecule has 0 spiro atoms. The molecule has 0 unspecified atom stereocenters. The quantitative estimate of drug-likeness (QED) is 0.836. The van der Waals surface area contributed by atoms with Gasteiger partial charge in [-0.05, 0) is 24.5 Å². The number of carbonyl (C=O) groups is 2. The topological polar surface area (TPSA) is 58.2 Å². The maximum atomic E-state index is 12.4. The van der Waals surface area contributed by atoms with Crippen LogP contribution in [-0.2, 0) is 9.59 Å². The van der Waals surface area contributed by atoms with E-state index in [2.05, 4.69) is 10.6 Å². The predicted molar refractivity (Wildman–Crippen MR) is 83.3 cm³/mol. The van der Waals surface area contributed by atoms with Crippen LogP contribution in [0.15, 0.2) is 36.0 Å². The molecule has 1 saturated carbocycles. The van der Waals surface area contributed by atoms with Crippen molar-refractivity contribution in [1.29, 1.82) is 0 Å². The first-order valence-electron chi connectivity index (χ1n) is 7.50. The number of benzene rings is 1. The Morgan fingerprint density at radius 3 is 2.38 bits per heavy atom. The summed E-state index contributed by atoms with van der Waals surface area (Å²) in [5.41, 5.74) is 1.19. The van der Waals surface area contributed by atoms with Crippen LogP contribution in [-0.4, -0.2) is 17.9 Å². The van der Waals surface area contributed by atoms with Crippen LogP contribution in [0.3, 0.4) is 0 Å². The van der Waals surface area contributed by atoms with Crippen molar-refractivity contribution in [3.63, 3.8) is 0 Å². The smallest absolute Gasteiger partial charge is 0.268 e. The number of nitrogens with one attached hydrogen (secondary N) is 2. The summed E-state index contributed by atoms with van der Waals surface area (Å²) in [4.78, 5) is 23.7. The van der Waals surface area contributed by atoms with Gasteiger partial charge in [0.1, 0.15) is 5.70 Å². The standard InChI is InChI=1S/C17H22N2O2/c1-13(20)18-16(12-14-8-4-2-5-9-14)17(21)19-15-10-6-3-7-11-15/h2,4-5,8-9,12,15H,3,6-7,10-11H2,1H3,(H,18,20)(H,19,21). The van der Waals surface area contributed by atoms with Crippen LogP contribution in [0, 0.1) is 0 Å². The van der Waals surface area contributed by atoms with Crippen LogP contribution in [0.5, 0.6) is 0 Å². The van der Waals surface area contributed by atoms with Crippen molar-refractivity contribution in [2.24, 2.45) is 0 Å². The molecule has 21 heavy (non-hydrogen) atoms. The van der Waals surface area contributed by atoms with Crippen LogP contribution in [0.4, 0.5) is 0 Å². The van der Waals surface area contributed by atoms with E-state index >= 15 is 0 Å². The third-order valence-corrected chi connectivity index (χ3v) is 3.61. The van der Waals surface area contributed by atoms with Crippen LogP contribution >= 0.6 is 0 Å². The summed E-state index contributed by atoms with van der Waals surface area (Å²) in [5, 5.41) is 5.65. The van der Waals surface area contributed by atoms with Crippen molar-refractivity contribution in [3.8, 4) is 0 Å². The molecule has 1 aliphatic rings. The zero-order chi connectivity index (χ0) is 15.1. The molecule has 112 valence electrons. The van der Waals surface area contributed by atoms with Crippen molar-refractivity contribution in [1.82, 2.24) is 10.6 Å². The van der Waals surface area contributed by atoms with Crippen molar-refractivity contribution < 1.29 is 9.59 Å². The highest BCUT2D eigenvalue weighted by molar-refractivity contribution is 6.01. The highest BCUT2D eigenvalue weighted by Crippen LogP contribution is 2.17. The van der Waals surface area contributed by atoms with Gasteiger partial charge in [0.2, 0.25) is 5.91 Å². The fourth-order valence-corrected chi connectivity index (χ4v) is 2.57. The van der Waals surface area contributed by atoms with Gasteiger partial charge in [0.05, 0.1) is 0 Å². The van der Waals surface area contributed by atoms with E-state index in [0.29, 0.717) is 5.70 Å². The van der Waals surface area contributed by atoms with E-state index in [9.17, 15) is 9.59 Å². The largest absolute Gasteiger partial charge is 0.348 e. The van der Waals surface area contributed by atoms with Gasteiger partial charge >= 0.3 is 0 Å². The zero-order valence-corrected chi connectivity index (χ0v) is 12.4. The number of hydrogen-bond donors (Lipinski definition) is 2. The molecule has 2 rings (SSSR count). The maximum absolute atomic E-state index is 12.4. The number of rotatable bonds is 4. The lowest BCUT2D eigenvalue weighted by Crippen LogP contribution is -2.40. The molecule has 4 heteroatoms. The number of carbonyl (C=O) groups excluding carboxylic acids is 2. The van der Waals surface area contributed by atoms with E-state index in [0.717, 1.165) is 31.2 Å². The second-order valence-corrected chi connectivity index (χ2v) is 5.46. The Kier molecular flexibility index (Phi) is 5.55. The maximum Gasteiger partial charge on any atom is 0.268 e. The molecule has 0 saturated heterocycles. The summed E-state index contributed by atoms with van der Waals surface area (Å²) in [6.07, 6.45) is 7.30. The summed E-state index contributed by atoms with van der Waals surface area (Å²) in [6, 6.07) is 9.73. The van der Waals surface area contributed by atoms with Crippen molar-refractivity contribution >= 4 is 17.9 Å². The average Bonchev–Trinajstić information content (AvgIpc) is 2.48. The first kappa shape index (κ1) is 15.3. The third-order valence-electron chi connectivity index (χ3n) is 3.61. The molecule has 0 aromatic heterocycles. The molecule has 2 N–H and O–H groups in total. The van der Waals surface area contributed by atoms with E-state index in [-0.39, 0.29) is 17.9 Å². The van der Waals surface area contributed by atoms with Gasteiger partial charge in [-0.3, -0.25) is 9.59 Å². The normalized spacial score (nSPS) is 16.3. The average molecular weight is 286 g/mol. The van der Waals surface area contributed by atoms with Gasteiger partial charge < -0.3 is 10.6 Å². The van der Waals surface area contributed by atoms with Gasteiger partial charge in [-0.2, -0.15) is 0 Å². The summed E-state index contributed by atoms with van der Waals surface area (Å²) in [5.74, 6) is -0.447. The number of hydrogen-bond acceptors (Lipinski definition) is 2. The molecule has 1 aliphatic carbocycles. The van der Waals surface area contributed by atoms with Gasteiger partial charge in [0, 0.05) is 13.0 Å². The van der Waals surface area contributed by atoms with Crippen molar-refractivity contribution in [2.45, 2.75) is 45.1 Å². The molecule has 1 fully saturated rings. The number of amides is 2. The molecular weight excluding hydrogens is 264 g/mol. The SMILES string of the molecule is CC(=O)NC(=Cc1ccccc1)C(=O)NC1CCCCC1. The van der Waals surface area contributed by atoms with E-state index in [1.165, 1.54) is 13.3 Å². The molecule has 1 aromatic rings. The lowest BCUT2D eigenvalue weighted by molar-refractivity contribution is -0.122. The first-order chi connectivity index (χ1) is 10.1. The molecule has 4 nitrogen and oxygen atoms in total. The van der Waals surface area contributed by atoms with E-state index in [4.69, 9.17) is 0 Å². The fourth-order valence-electron chi connectivity index (χ4n) is 2.57. The molecule has 0 heterocycles. The van der Waals surface area contributed by atoms with Crippen LogP contribution < -0.4 is 10.6 Å². The van der Waals surface area contributed by atoms with E-state index < -0.39 is 0 Å². The zero-order valence-electron chi connectivity index (χ0n) is 12.4. The van der Waals surface area contributed by atoms with Crippen LogP contribution in [0.25, 0.3) is 6.08 Å². The van der Waals surface area contributed by atoms with Crippen molar-refractivity contribution in [2.75, 3.05) is 0 Å². The summed E-state index contributed by atoms with van der Waals surface area (Å²) in [6.45, 7) is 1.41. The minimum absolute atomic E-state index is 0.207. The Bertz CT molecular complexity index is 517. The van der Waals surface area contributed by atoms with Gasteiger partial charge in [-0.1, -0.05) is 49.6 Å². The minimum atomic E-state index is -0.240. The Morgan fingerprint density at radius 1 is 1.10 bits per heavy atom. The fraction of sp³-hybridized carbons (Fsp3) is 0.412. The van der Waals surface area contributed by atoms with E-state index in [1.807, 2.05) is 30.3 Å².